The summed E-state index contributed by atoms with van der Waals surface area (Å²) in [5.74, 6) is -6.61. The molecule has 13 heteroatoms. The van der Waals surface area contributed by atoms with Gasteiger partial charge in [0.15, 0.2) is 0 Å². The van der Waals surface area contributed by atoms with Gasteiger partial charge in [-0.2, -0.15) is 0 Å². The number of carboxylic acid groups (broad SMARTS) is 3. The Morgan fingerprint density at radius 1 is 0.848 bits per heavy atom. The zero-order valence-electron chi connectivity index (χ0n) is 17.5. The molecule has 0 saturated carbocycles. The van der Waals surface area contributed by atoms with Crippen LogP contribution in [0.3, 0.4) is 0 Å². The third kappa shape index (κ3) is 10.7. The average Bonchev–Trinajstić information content (AvgIpc) is 2.75. The molecule has 180 valence electrons. The minimum absolute atomic E-state index is 0.0302. The molecular formula is C20H26N4O9. The molecule has 3 atom stereocenters. The van der Waals surface area contributed by atoms with Gasteiger partial charge in [-0.1, -0.05) is 30.3 Å². The van der Waals surface area contributed by atoms with Crippen LogP contribution < -0.4 is 21.7 Å². The molecular weight excluding hydrogens is 440 g/mol. The second-order valence-electron chi connectivity index (χ2n) is 7.06. The number of nitrogens with two attached hydrogens (primary N) is 1. The van der Waals surface area contributed by atoms with E-state index in [1.54, 1.807) is 30.3 Å². The Bertz CT molecular complexity index is 876. The molecule has 0 fully saturated rings. The maximum Gasteiger partial charge on any atom is 0.326 e. The van der Waals surface area contributed by atoms with Crippen molar-refractivity contribution in [3.63, 3.8) is 0 Å². The molecule has 0 aliphatic heterocycles. The van der Waals surface area contributed by atoms with Crippen molar-refractivity contribution >= 4 is 35.6 Å². The molecule has 8 N–H and O–H groups in total. The molecule has 0 radical (unpaired) electrons. The van der Waals surface area contributed by atoms with E-state index in [2.05, 4.69) is 10.6 Å². The molecule has 1 rings (SSSR count). The number of carbonyl (C=O) groups excluding carboxylic acids is 3. The first-order valence-electron chi connectivity index (χ1n) is 9.83. The highest BCUT2D eigenvalue weighted by atomic mass is 16.4. The second kappa shape index (κ2) is 13.4. The van der Waals surface area contributed by atoms with E-state index >= 15 is 0 Å². The van der Waals surface area contributed by atoms with Crippen LogP contribution in [-0.2, 0) is 35.2 Å². The minimum atomic E-state index is -1.68. The van der Waals surface area contributed by atoms with E-state index in [9.17, 15) is 28.8 Å². The lowest BCUT2D eigenvalue weighted by Gasteiger charge is -2.21. The van der Waals surface area contributed by atoms with Crippen LogP contribution in [-0.4, -0.2) is 75.6 Å². The second-order valence-corrected chi connectivity index (χ2v) is 7.06. The van der Waals surface area contributed by atoms with Gasteiger partial charge in [0.05, 0.1) is 19.0 Å². The maximum absolute atomic E-state index is 12.6. The Labute approximate surface area is 188 Å². The standard InChI is InChI=1S/C20H26N4O9/c21-12(6-7-16(26)27)18(30)24-13(8-11-4-2-1-3-5-11)19(31)22-10-15(25)23-14(20(32)33)9-17(28)29/h1-5,12-14H,6-10,21H2,(H,22,31)(H,23,25)(H,24,30)(H,26,27)(H,28,29)(H,32,33). The van der Waals surface area contributed by atoms with E-state index in [4.69, 9.17) is 21.1 Å². The SMILES string of the molecule is NC(CCC(=O)O)C(=O)NC(Cc1ccccc1)C(=O)NCC(=O)NC(CC(=O)O)C(=O)O. The number of amides is 3. The molecule has 0 heterocycles. The molecule has 0 saturated heterocycles. The summed E-state index contributed by atoms with van der Waals surface area (Å²) in [6.45, 7) is -0.672. The predicted molar refractivity (Wildman–Crippen MR) is 112 cm³/mol. The van der Waals surface area contributed by atoms with E-state index in [0.29, 0.717) is 5.56 Å². The van der Waals surface area contributed by atoms with Crippen LogP contribution in [0, 0.1) is 0 Å². The van der Waals surface area contributed by atoms with Crippen molar-refractivity contribution in [2.75, 3.05) is 6.54 Å². The van der Waals surface area contributed by atoms with Gasteiger partial charge >= 0.3 is 17.9 Å². The fourth-order valence-electron chi connectivity index (χ4n) is 2.66. The van der Waals surface area contributed by atoms with Gasteiger partial charge in [0.1, 0.15) is 12.1 Å². The smallest absolute Gasteiger partial charge is 0.326 e. The van der Waals surface area contributed by atoms with Gasteiger partial charge in [0, 0.05) is 12.8 Å². The van der Waals surface area contributed by atoms with Crippen molar-refractivity contribution in [3.8, 4) is 0 Å². The summed E-state index contributed by atoms with van der Waals surface area (Å²) in [5.41, 5.74) is 6.35. The topological polar surface area (TPSA) is 225 Å². The summed E-state index contributed by atoms with van der Waals surface area (Å²) in [5, 5.41) is 33.1. The van der Waals surface area contributed by atoms with Gasteiger partial charge in [-0.3, -0.25) is 24.0 Å². The zero-order chi connectivity index (χ0) is 25.0. The van der Waals surface area contributed by atoms with Gasteiger partial charge in [0.25, 0.3) is 0 Å². The number of aliphatic carboxylic acids is 3. The monoisotopic (exact) mass is 466 g/mol. The van der Waals surface area contributed by atoms with Crippen LogP contribution >= 0.6 is 0 Å². The van der Waals surface area contributed by atoms with E-state index in [-0.39, 0.29) is 19.3 Å². The summed E-state index contributed by atoms with van der Waals surface area (Å²) in [6.07, 6.45) is -1.31. The lowest BCUT2D eigenvalue weighted by molar-refractivity contribution is -0.147. The number of rotatable bonds is 14. The third-order valence-electron chi connectivity index (χ3n) is 4.36. The normalized spacial score (nSPS) is 13.1. The lowest BCUT2D eigenvalue weighted by atomic mass is 10.0. The molecule has 0 spiro atoms. The van der Waals surface area contributed by atoms with Crippen LogP contribution in [0.5, 0.6) is 0 Å². The first-order chi connectivity index (χ1) is 15.5. The Morgan fingerprint density at radius 2 is 1.48 bits per heavy atom. The summed E-state index contributed by atoms with van der Waals surface area (Å²) in [7, 11) is 0. The first-order valence-corrected chi connectivity index (χ1v) is 9.83. The molecule has 13 nitrogen and oxygen atoms in total. The van der Waals surface area contributed by atoms with Crippen molar-refractivity contribution < 1.29 is 44.1 Å². The molecule has 1 aromatic carbocycles. The Hall–Kier alpha value is -4.00. The number of hydrogen-bond donors (Lipinski definition) is 7. The zero-order valence-corrected chi connectivity index (χ0v) is 17.5. The molecule has 0 aliphatic rings. The fourth-order valence-corrected chi connectivity index (χ4v) is 2.66. The van der Waals surface area contributed by atoms with Crippen molar-refractivity contribution in [1.82, 2.24) is 16.0 Å². The van der Waals surface area contributed by atoms with Crippen molar-refractivity contribution in [2.45, 2.75) is 43.8 Å². The van der Waals surface area contributed by atoms with Gasteiger partial charge in [-0.05, 0) is 12.0 Å². The van der Waals surface area contributed by atoms with Crippen LogP contribution in [0.25, 0.3) is 0 Å². The van der Waals surface area contributed by atoms with Crippen molar-refractivity contribution in [1.29, 1.82) is 0 Å². The quantitative estimate of drug-likeness (QED) is 0.161. The molecule has 3 amide bonds. The first kappa shape index (κ1) is 27.0. The van der Waals surface area contributed by atoms with Crippen LogP contribution in [0.4, 0.5) is 0 Å². The molecule has 1 aromatic rings. The molecule has 0 aromatic heterocycles. The summed E-state index contributed by atoms with van der Waals surface area (Å²) in [4.78, 5) is 69.3. The highest BCUT2D eigenvalue weighted by Crippen LogP contribution is 2.05. The molecule has 0 bridgehead atoms. The van der Waals surface area contributed by atoms with Gasteiger partial charge < -0.3 is 37.0 Å². The van der Waals surface area contributed by atoms with Crippen molar-refractivity contribution in [3.05, 3.63) is 35.9 Å². The summed E-state index contributed by atoms with van der Waals surface area (Å²) >= 11 is 0. The van der Waals surface area contributed by atoms with Crippen LogP contribution in [0.1, 0.15) is 24.8 Å². The number of nitrogens with one attached hydrogen (secondary N) is 3. The van der Waals surface area contributed by atoms with Gasteiger partial charge in [-0.25, -0.2) is 4.79 Å². The molecule has 33 heavy (non-hydrogen) atoms. The number of carboxylic acids is 3. The minimum Gasteiger partial charge on any atom is -0.481 e. The van der Waals surface area contributed by atoms with Gasteiger partial charge in [0.2, 0.25) is 17.7 Å². The summed E-state index contributed by atoms with van der Waals surface area (Å²) in [6, 6.07) is 4.55. The summed E-state index contributed by atoms with van der Waals surface area (Å²) < 4.78 is 0. The Balaban J connectivity index is 2.79. The highest BCUT2D eigenvalue weighted by Gasteiger charge is 2.26. The largest absolute Gasteiger partial charge is 0.481 e. The van der Waals surface area contributed by atoms with E-state index in [0.717, 1.165) is 0 Å². The number of hydrogen-bond acceptors (Lipinski definition) is 7. The maximum atomic E-state index is 12.6. The van der Waals surface area contributed by atoms with E-state index in [1.165, 1.54) is 0 Å². The van der Waals surface area contributed by atoms with Crippen molar-refractivity contribution in [2.24, 2.45) is 5.73 Å². The average molecular weight is 466 g/mol. The van der Waals surface area contributed by atoms with E-state index in [1.807, 2.05) is 5.32 Å². The highest BCUT2D eigenvalue weighted by molar-refractivity contribution is 5.93. The lowest BCUT2D eigenvalue weighted by Crippen LogP contribution is -2.54. The van der Waals surface area contributed by atoms with E-state index < -0.39 is 66.7 Å². The Morgan fingerprint density at radius 3 is 2.03 bits per heavy atom. The third-order valence-corrected chi connectivity index (χ3v) is 4.36. The fraction of sp³-hybridized carbons (Fsp3) is 0.400. The van der Waals surface area contributed by atoms with Crippen LogP contribution in [0.15, 0.2) is 30.3 Å². The molecule has 3 unspecified atom stereocenters. The Kier molecular flexibility index (Phi) is 11.0. The van der Waals surface area contributed by atoms with Crippen LogP contribution in [0.2, 0.25) is 0 Å². The number of benzene rings is 1. The van der Waals surface area contributed by atoms with Gasteiger partial charge in [-0.15, -0.1) is 0 Å². The molecule has 0 aliphatic carbocycles. The predicted octanol–water partition coefficient (Wildman–Crippen LogP) is -1.93. The number of carbonyl (C=O) groups is 6.